The highest BCUT2D eigenvalue weighted by atomic mass is 16.9. The van der Waals surface area contributed by atoms with Gasteiger partial charge in [-0.3, -0.25) is 14.5 Å². The summed E-state index contributed by atoms with van der Waals surface area (Å²) in [7, 11) is 0. The van der Waals surface area contributed by atoms with Crippen molar-refractivity contribution in [2.45, 2.75) is 85.4 Å². The molecular formula is C30H42N2O7. The summed E-state index contributed by atoms with van der Waals surface area (Å²) in [6.45, 7) is 13.1. The molecule has 2 aromatic carbocycles. The van der Waals surface area contributed by atoms with Crippen molar-refractivity contribution in [1.29, 1.82) is 0 Å². The first-order valence-corrected chi connectivity index (χ1v) is 13.6. The molecular weight excluding hydrogens is 500 g/mol. The maximum Gasteiger partial charge on any atom is 0.313 e. The summed E-state index contributed by atoms with van der Waals surface area (Å²) in [6.07, 6.45) is 0.997. The van der Waals surface area contributed by atoms with Gasteiger partial charge in [0.1, 0.15) is 12.4 Å². The van der Waals surface area contributed by atoms with Gasteiger partial charge in [0, 0.05) is 30.0 Å². The number of nitrogens with zero attached hydrogens (tertiary/aromatic N) is 2. The summed E-state index contributed by atoms with van der Waals surface area (Å²) in [5, 5.41) is 9.38. The van der Waals surface area contributed by atoms with Gasteiger partial charge in [0.25, 0.3) is 5.09 Å². The van der Waals surface area contributed by atoms with Gasteiger partial charge < -0.3 is 14.3 Å². The molecule has 0 amide bonds. The van der Waals surface area contributed by atoms with Gasteiger partial charge in [-0.05, 0) is 70.3 Å². The minimum Gasteiger partial charge on any atom is -0.461 e. The largest absolute Gasteiger partial charge is 0.461 e. The summed E-state index contributed by atoms with van der Waals surface area (Å²) in [4.78, 5) is 41.7. The second-order valence-electron chi connectivity index (χ2n) is 10.4. The maximum absolute atomic E-state index is 12.6. The predicted molar refractivity (Wildman–Crippen MR) is 149 cm³/mol. The Labute approximate surface area is 231 Å². The van der Waals surface area contributed by atoms with Crippen LogP contribution in [0.5, 0.6) is 5.75 Å². The van der Waals surface area contributed by atoms with E-state index in [4.69, 9.17) is 9.47 Å². The molecule has 39 heavy (non-hydrogen) atoms. The van der Waals surface area contributed by atoms with Crippen molar-refractivity contribution in [2.75, 3.05) is 13.2 Å². The van der Waals surface area contributed by atoms with Gasteiger partial charge in [0.2, 0.25) is 0 Å². The van der Waals surface area contributed by atoms with Gasteiger partial charge in [-0.1, -0.05) is 50.2 Å². The SMILES string of the molecule is CC(C)C(=O)Oc1ccc(COC(=O)CCCO[N+](=O)[O-])cc1[C@H](CCN(C(C)C)C(C)C)c1ccccc1. The van der Waals surface area contributed by atoms with E-state index in [2.05, 4.69) is 49.6 Å². The van der Waals surface area contributed by atoms with E-state index >= 15 is 0 Å². The molecule has 0 radical (unpaired) electrons. The average Bonchev–Trinajstić information content (AvgIpc) is 2.88. The first-order valence-electron chi connectivity index (χ1n) is 13.6. The molecule has 0 heterocycles. The molecule has 9 nitrogen and oxygen atoms in total. The fourth-order valence-corrected chi connectivity index (χ4v) is 4.45. The van der Waals surface area contributed by atoms with Crippen molar-refractivity contribution in [2.24, 2.45) is 5.92 Å². The van der Waals surface area contributed by atoms with Crippen molar-refractivity contribution >= 4 is 11.9 Å². The zero-order valence-electron chi connectivity index (χ0n) is 23.9. The Morgan fingerprint density at radius 2 is 1.64 bits per heavy atom. The van der Waals surface area contributed by atoms with Crippen LogP contribution in [-0.4, -0.2) is 47.2 Å². The third-order valence-corrected chi connectivity index (χ3v) is 6.46. The highest BCUT2D eigenvalue weighted by Gasteiger charge is 2.24. The van der Waals surface area contributed by atoms with E-state index in [0.29, 0.717) is 17.8 Å². The molecule has 0 aromatic heterocycles. The van der Waals surface area contributed by atoms with Crippen LogP contribution in [0, 0.1) is 16.0 Å². The van der Waals surface area contributed by atoms with Crippen molar-refractivity contribution in [3.63, 3.8) is 0 Å². The van der Waals surface area contributed by atoms with Gasteiger partial charge >= 0.3 is 11.9 Å². The Hall–Kier alpha value is -3.46. The van der Waals surface area contributed by atoms with Gasteiger partial charge in [-0.25, -0.2) is 0 Å². The predicted octanol–water partition coefficient (Wildman–Crippen LogP) is 5.92. The van der Waals surface area contributed by atoms with Gasteiger partial charge in [-0.15, -0.1) is 10.1 Å². The standard InChI is InChI=1S/C30H42N2O7/c1-21(2)30(34)39-28-15-14-24(20-37-29(33)13-10-18-38-32(35)36)19-27(28)26(25-11-8-7-9-12-25)16-17-31(22(3)4)23(5)6/h7-9,11-12,14-15,19,21-23,26H,10,13,16-18,20H2,1-6H3/t26-/m1/s1. The van der Waals surface area contributed by atoms with E-state index in [9.17, 15) is 19.7 Å². The second-order valence-corrected chi connectivity index (χ2v) is 10.4. The zero-order chi connectivity index (χ0) is 28.9. The third kappa shape index (κ3) is 10.7. The molecule has 1 atom stereocenters. The van der Waals surface area contributed by atoms with Crippen molar-refractivity contribution in [1.82, 2.24) is 4.90 Å². The molecule has 0 aliphatic rings. The van der Waals surface area contributed by atoms with Crippen LogP contribution >= 0.6 is 0 Å². The summed E-state index contributed by atoms with van der Waals surface area (Å²) in [5.41, 5.74) is 2.72. The summed E-state index contributed by atoms with van der Waals surface area (Å²) in [6, 6.07) is 16.4. The molecule has 0 unspecified atom stereocenters. The molecule has 0 N–H and O–H groups in total. The summed E-state index contributed by atoms with van der Waals surface area (Å²) in [5.74, 6) is -0.635. The normalized spacial score (nSPS) is 12.2. The second kappa shape index (κ2) is 15.8. The van der Waals surface area contributed by atoms with Crippen LogP contribution in [-0.2, 0) is 25.8 Å². The molecule has 0 bridgehead atoms. The average molecular weight is 543 g/mol. The summed E-state index contributed by atoms with van der Waals surface area (Å²) < 4.78 is 11.3. The lowest BCUT2D eigenvalue weighted by molar-refractivity contribution is -0.757. The van der Waals surface area contributed by atoms with Crippen LogP contribution in [0.25, 0.3) is 0 Å². The van der Waals surface area contributed by atoms with Gasteiger partial charge in [0.15, 0.2) is 0 Å². The lowest BCUT2D eigenvalue weighted by Gasteiger charge is -2.32. The Morgan fingerprint density at radius 3 is 2.23 bits per heavy atom. The van der Waals surface area contributed by atoms with Crippen LogP contribution < -0.4 is 4.74 Å². The Balaban J connectivity index is 2.35. The number of hydrogen-bond donors (Lipinski definition) is 0. The van der Waals surface area contributed by atoms with E-state index in [-0.39, 0.29) is 43.9 Å². The van der Waals surface area contributed by atoms with Crippen molar-refractivity contribution in [3.8, 4) is 5.75 Å². The van der Waals surface area contributed by atoms with Gasteiger partial charge in [0.05, 0.1) is 12.5 Å². The van der Waals surface area contributed by atoms with Crippen molar-refractivity contribution < 1.29 is 29.0 Å². The molecule has 0 aliphatic heterocycles. The quantitative estimate of drug-likeness (QED) is 0.0845. The highest BCUT2D eigenvalue weighted by Crippen LogP contribution is 2.36. The molecule has 0 fully saturated rings. The van der Waals surface area contributed by atoms with Crippen molar-refractivity contribution in [3.05, 3.63) is 75.3 Å². The molecule has 214 valence electrons. The first-order chi connectivity index (χ1) is 18.5. The van der Waals surface area contributed by atoms with Crippen LogP contribution in [0.1, 0.15) is 83.4 Å². The number of benzene rings is 2. The minimum absolute atomic E-state index is 0.0116. The molecule has 2 aromatic rings. The first kappa shape index (κ1) is 31.8. The molecule has 0 saturated heterocycles. The van der Waals surface area contributed by atoms with Crippen LogP contribution in [0.2, 0.25) is 0 Å². The number of esters is 2. The number of carbonyl (C=O) groups is 2. The van der Waals surface area contributed by atoms with E-state index in [1.165, 1.54) is 0 Å². The van der Waals surface area contributed by atoms with Crippen LogP contribution in [0.3, 0.4) is 0 Å². The zero-order valence-corrected chi connectivity index (χ0v) is 23.9. The lowest BCUT2D eigenvalue weighted by atomic mass is 9.86. The molecule has 0 spiro atoms. The van der Waals surface area contributed by atoms with E-state index in [1.54, 1.807) is 26.0 Å². The topological polar surface area (TPSA) is 108 Å². The van der Waals surface area contributed by atoms with E-state index in [1.807, 2.05) is 24.3 Å². The maximum atomic E-state index is 12.6. The third-order valence-electron chi connectivity index (χ3n) is 6.46. The Kier molecular flexibility index (Phi) is 12.9. The molecule has 2 rings (SSSR count). The Bertz CT molecular complexity index is 1060. The van der Waals surface area contributed by atoms with Crippen LogP contribution in [0.4, 0.5) is 0 Å². The number of carbonyl (C=O) groups excluding carboxylic acids is 2. The number of rotatable bonds is 16. The number of ether oxygens (including phenoxy) is 2. The fraction of sp³-hybridized carbons (Fsp3) is 0.533. The lowest BCUT2D eigenvalue weighted by Crippen LogP contribution is -2.38. The number of hydrogen-bond acceptors (Lipinski definition) is 8. The fourth-order valence-electron chi connectivity index (χ4n) is 4.45. The minimum atomic E-state index is -0.884. The van der Waals surface area contributed by atoms with Gasteiger partial charge in [-0.2, -0.15) is 0 Å². The monoisotopic (exact) mass is 542 g/mol. The molecule has 0 saturated carbocycles. The van der Waals surface area contributed by atoms with Crippen LogP contribution in [0.15, 0.2) is 48.5 Å². The smallest absolute Gasteiger partial charge is 0.313 e. The van der Waals surface area contributed by atoms with E-state index < -0.39 is 11.1 Å². The molecule has 9 heteroatoms. The highest BCUT2D eigenvalue weighted by molar-refractivity contribution is 5.75. The molecule has 0 aliphatic carbocycles. The Morgan fingerprint density at radius 1 is 0.974 bits per heavy atom. The van der Waals surface area contributed by atoms with E-state index in [0.717, 1.165) is 29.7 Å². The summed E-state index contributed by atoms with van der Waals surface area (Å²) >= 11 is 0.